The van der Waals surface area contributed by atoms with Gasteiger partial charge in [0.15, 0.2) is 0 Å². The van der Waals surface area contributed by atoms with Crippen molar-refractivity contribution in [1.29, 1.82) is 0 Å². The summed E-state index contributed by atoms with van der Waals surface area (Å²) in [6, 6.07) is 1.47. The van der Waals surface area contributed by atoms with Gasteiger partial charge < -0.3 is 4.74 Å². The number of esters is 1. The van der Waals surface area contributed by atoms with Crippen LogP contribution < -0.4 is 0 Å². The first-order valence-electron chi connectivity index (χ1n) is 4.35. The number of halogens is 2. The third-order valence-corrected chi connectivity index (χ3v) is 2.00. The lowest BCUT2D eigenvalue weighted by molar-refractivity contribution is -0.139. The summed E-state index contributed by atoms with van der Waals surface area (Å²) in [5, 5.41) is 0. The van der Waals surface area contributed by atoms with E-state index in [-0.39, 0.29) is 12.0 Å². The number of hydrogen-bond acceptors (Lipinski definition) is 3. The lowest BCUT2D eigenvalue weighted by Gasteiger charge is -2.05. The van der Waals surface area contributed by atoms with Crippen LogP contribution in [0.4, 0.5) is 8.78 Å². The van der Waals surface area contributed by atoms with Crippen molar-refractivity contribution in [2.75, 3.05) is 7.11 Å². The van der Waals surface area contributed by atoms with Crippen LogP contribution in [0, 0.1) is 6.92 Å². The maximum atomic E-state index is 12.4. The van der Waals surface area contributed by atoms with Gasteiger partial charge in [-0.2, -0.15) is 0 Å². The SMILES string of the molecule is COC(=O)Cc1cc(C)c(C(F)F)cn1. The Bertz CT molecular complexity index is 366. The molecule has 1 aromatic rings. The fourth-order valence-electron chi connectivity index (χ4n) is 1.17. The Morgan fingerprint density at radius 1 is 1.60 bits per heavy atom. The van der Waals surface area contributed by atoms with Crippen molar-refractivity contribution in [1.82, 2.24) is 4.98 Å². The molecule has 0 bridgehead atoms. The summed E-state index contributed by atoms with van der Waals surface area (Å²) in [6.45, 7) is 1.56. The number of rotatable bonds is 3. The van der Waals surface area contributed by atoms with E-state index in [1.807, 2.05) is 0 Å². The van der Waals surface area contributed by atoms with Gasteiger partial charge in [-0.3, -0.25) is 9.78 Å². The number of hydrogen-bond donors (Lipinski definition) is 0. The van der Waals surface area contributed by atoms with Crippen molar-refractivity contribution in [3.05, 3.63) is 29.1 Å². The van der Waals surface area contributed by atoms with Gasteiger partial charge in [-0.25, -0.2) is 8.78 Å². The quantitative estimate of drug-likeness (QED) is 0.724. The minimum absolute atomic E-state index is 0.000851. The maximum absolute atomic E-state index is 12.4. The molecule has 0 saturated heterocycles. The molecule has 0 aliphatic heterocycles. The highest BCUT2D eigenvalue weighted by atomic mass is 19.3. The van der Waals surface area contributed by atoms with Gasteiger partial charge in [0.2, 0.25) is 0 Å². The van der Waals surface area contributed by atoms with Gasteiger partial charge in [0.1, 0.15) is 0 Å². The van der Waals surface area contributed by atoms with Crippen LogP contribution in [-0.4, -0.2) is 18.1 Å². The van der Waals surface area contributed by atoms with Crippen LogP contribution in [0.25, 0.3) is 0 Å². The van der Waals surface area contributed by atoms with Gasteiger partial charge in [-0.05, 0) is 18.6 Å². The third-order valence-electron chi connectivity index (χ3n) is 2.00. The molecular formula is C10H11F2NO2. The Morgan fingerprint density at radius 2 is 2.27 bits per heavy atom. The van der Waals surface area contributed by atoms with E-state index in [0.717, 1.165) is 6.20 Å². The topological polar surface area (TPSA) is 39.2 Å². The second-order valence-corrected chi connectivity index (χ2v) is 3.09. The number of methoxy groups -OCH3 is 1. The number of carbonyl (C=O) groups is 1. The largest absolute Gasteiger partial charge is 0.469 e. The molecule has 0 amide bonds. The Balaban J connectivity index is 2.87. The standard InChI is InChI=1S/C10H11F2NO2/c1-6-3-7(4-9(14)15-2)13-5-8(6)10(11)12/h3,5,10H,4H2,1-2H3. The predicted molar refractivity (Wildman–Crippen MR) is 49.7 cm³/mol. The van der Waals surface area contributed by atoms with Gasteiger partial charge in [-0.15, -0.1) is 0 Å². The molecule has 15 heavy (non-hydrogen) atoms. The van der Waals surface area contributed by atoms with Crippen LogP contribution in [0.2, 0.25) is 0 Å². The molecule has 1 aromatic heterocycles. The number of alkyl halides is 2. The number of carbonyl (C=O) groups excluding carboxylic acids is 1. The van der Waals surface area contributed by atoms with E-state index >= 15 is 0 Å². The van der Waals surface area contributed by atoms with E-state index in [9.17, 15) is 13.6 Å². The van der Waals surface area contributed by atoms with E-state index in [2.05, 4.69) is 9.72 Å². The van der Waals surface area contributed by atoms with Crippen molar-refractivity contribution in [3.8, 4) is 0 Å². The second-order valence-electron chi connectivity index (χ2n) is 3.09. The summed E-state index contributed by atoms with van der Waals surface area (Å²) in [7, 11) is 1.27. The smallest absolute Gasteiger partial charge is 0.311 e. The zero-order valence-electron chi connectivity index (χ0n) is 8.46. The van der Waals surface area contributed by atoms with E-state index in [4.69, 9.17) is 0 Å². The summed E-state index contributed by atoms with van der Waals surface area (Å²) >= 11 is 0. The van der Waals surface area contributed by atoms with E-state index in [1.165, 1.54) is 13.2 Å². The van der Waals surface area contributed by atoms with Crippen LogP contribution in [0.3, 0.4) is 0 Å². The second kappa shape index (κ2) is 4.82. The molecule has 3 nitrogen and oxygen atoms in total. The monoisotopic (exact) mass is 215 g/mol. The van der Waals surface area contributed by atoms with Crippen molar-refractivity contribution in [2.45, 2.75) is 19.8 Å². The Labute approximate surface area is 86.1 Å². The first kappa shape index (κ1) is 11.6. The Hall–Kier alpha value is -1.52. The molecule has 0 aliphatic rings. The fourth-order valence-corrected chi connectivity index (χ4v) is 1.17. The molecule has 0 fully saturated rings. The molecule has 0 atom stereocenters. The lowest BCUT2D eigenvalue weighted by atomic mass is 10.1. The number of aromatic nitrogens is 1. The lowest BCUT2D eigenvalue weighted by Crippen LogP contribution is -2.07. The fraction of sp³-hybridized carbons (Fsp3) is 0.400. The Kier molecular flexibility index (Phi) is 3.71. The molecule has 0 aromatic carbocycles. The highest BCUT2D eigenvalue weighted by Gasteiger charge is 2.12. The van der Waals surface area contributed by atoms with Crippen LogP contribution in [0.5, 0.6) is 0 Å². The molecule has 0 radical (unpaired) electrons. The van der Waals surface area contributed by atoms with Crippen molar-refractivity contribution < 1.29 is 18.3 Å². The molecule has 82 valence electrons. The van der Waals surface area contributed by atoms with Crippen molar-refractivity contribution in [3.63, 3.8) is 0 Å². The maximum Gasteiger partial charge on any atom is 0.311 e. The summed E-state index contributed by atoms with van der Waals surface area (Å²) in [5.74, 6) is -0.438. The number of pyridine rings is 1. The molecule has 0 aliphatic carbocycles. The van der Waals surface area contributed by atoms with Crippen molar-refractivity contribution in [2.24, 2.45) is 0 Å². The normalized spacial score (nSPS) is 10.5. The van der Waals surface area contributed by atoms with E-state index < -0.39 is 12.4 Å². The number of nitrogens with zero attached hydrogens (tertiary/aromatic N) is 1. The van der Waals surface area contributed by atoms with Gasteiger partial charge in [0.05, 0.1) is 19.2 Å². The van der Waals surface area contributed by atoms with Crippen LogP contribution in [0.1, 0.15) is 23.2 Å². The first-order valence-corrected chi connectivity index (χ1v) is 4.35. The first-order chi connectivity index (χ1) is 7.04. The zero-order chi connectivity index (χ0) is 11.4. The summed E-state index contributed by atoms with van der Waals surface area (Å²) in [4.78, 5) is 14.7. The van der Waals surface area contributed by atoms with Gasteiger partial charge in [0.25, 0.3) is 6.43 Å². The Morgan fingerprint density at radius 3 is 2.73 bits per heavy atom. The summed E-state index contributed by atoms with van der Waals surface area (Å²) < 4.78 is 29.2. The summed E-state index contributed by atoms with van der Waals surface area (Å²) in [5.41, 5.74) is 0.756. The minimum Gasteiger partial charge on any atom is -0.469 e. The number of ether oxygens (including phenoxy) is 1. The molecule has 0 spiro atoms. The highest BCUT2D eigenvalue weighted by molar-refractivity contribution is 5.71. The molecule has 0 saturated carbocycles. The average molecular weight is 215 g/mol. The molecule has 0 N–H and O–H groups in total. The van der Waals surface area contributed by atoms with Crippen LogP contribution in [0.15, 0.2) is 12.3 Å². The van der Waals surface area contributed by atoms with Gasteiger partial charge in [-0.1, -0.05) is 0 Å². The molecule has 0 unspecified atom stereocenters. The summed E-state index contributed by atoms with van der Waals surface area (Å²) in [6.07, 6.45) is -1.44. The third kappa shape index (κ3) is 2.97. The zero-order valence-corrected chi connectivity index (χ0v) is 8.46. The van der Waals surface area contributed by atoms with Gasteiger partial charge >= 0.3 is 5.97 Å². The minimum atomic E-state index is -2.54. The van der Waals surface area contributed by atoms with Crippen molar-refractivity contribution >= 4 is 5.97 Å². The molecular weight excluding hydrogens is 204 g/mol. The van der Waals surface area contributed by atoms with Crippen LogP contribution >= 0.6 is 0 Å². The van der Waals surface area contributed by atoms with Crippen LogP contribution in [-0.2, 0) is 16.0 Å². The molecule has 1 heterocycles. The molecule has 5 heteroatoms. The predicted octanol–water partition coefficient (Wildman–Crippen LogP) is 2.04. The van der Waals surface area contributed by atoms with Gasteiger partial charge in [0, 0.05) is 11.8 Å². The van der Waals surface area contributed by atoms with E-state index in [1.54, 1.807) is 6.92 Å². The molecule has 1 rings (SSSR count). The highest BCUT2D eigenvalue weighted by Crippen LogP contribution is 2.21. The average Bonchev–Trinajstić information content (AvgIpc) is 2.17. The van der Waals surface area contributed by atoms with E-state index in [0.29, 0.717) is 11.3 Å². The number of aryl methyl sites for hydroxylation is 1.